The van der Waals surface area contributed by atoms with Crippen molar-refractivity contribution in [2.45, 2.75) is 58.8 Å². The first-order chi connectivity index (χ1) is 11.7. The number of rotatable bonds is 12. The Morgan fingerprint density at radius 1 is 1.40 bits per heavy atom. The average Bonchev–Trinajstić information content (AvgIpc) is 3.22. The fourth-order valence-electron chi connectivity index (χ4n) is 2.92. The van der Waals surface area contributed by atoms with Crippen molar-refractivity contribution in [3.8, 4) is 0 Å². The zero-order valence-corrected chi connectivity index (χ0v) is 16.5. The highest BCUT2D eigenvalue weighted by molar-refractivity contribution is 8.00. The Morgan fingerprint density at radius 2 is 2.04 bits per heavy atom. The van der Waals surface area contributed by atoms with E-state index in [-0.39, 0.29) is 6.42 Å². The van der Waals surface area contributed by atoms with Gasteiger partial charge in [-0.25, -0.2) is 8.78 Å². The highest BCUT2D eigenvalue weighted by atomic mass is 32.2. The lowest BCUT2D eigenvalue weighted by Gasteiger charge is -2.21. The van der Waals surface area contributed by atoms with Gasteiger partial charge in [0, 0.05) is 23.6 Å². The van der Waals surface area contributed by atoms with Crippen molar-refractivity contribution in [1.82, 2.24) is 0 Å². The second-order valence-corrected chi connectivity index (χ2v) is 7.91. The molecule has 0 aromatic heterocycles. The van der Waals surface area contributed by atoms with Crippen LogP contribution in [0.15, 0.2) is 28.1 Å². The molecule has 0 heterocycles. The highest BCUT2D eigenvalue weighted by Gasteiger charge is 2.57. The van der Waals surface area contributed by atoms with Crippen LogP contribution in [0.1, 0.15) is 52.9 Å². The minimum atomic E-state index is -2.54. The molecule has 0 aromatic carbocycles. The third kappa shape index (κ3) is 7.59. The summed E-state index contributed by atoms with van der Waals surface area (Å²) >= 11 is 1.29. The summed E-state index contributed by atoms with van der Waals surface area (Å²) in [5.74, 6) is -2.23. The Kier molecular flexibility index (Phi) is 9.32. The standard InChI is InChI=1S/C19H33F2N3S/c1-13(16(4)18(25-23)9-10-22)7-5-6-8-15(3)24-12-14(2)17-11-19(17,20)21/h9,13,16-17H,2,5-8,10-12,22-23H2,1,3-4H3/b18-9+,24-15?. The molecular weight excluding hydrogens is 340 g/mol. The monoisotopic (exact) mass is 373 g/mol. The zero-order valence-electron chi connectivity index (χ0n) is 15.7. The van der Waals surface area contributed by atoms with Crippen molar-refractivity contribution in [3.63, 3.8) is 0 Å². The molecule has 1 aliphatic carbocycles. The molecule has 4 N–H and O–H groups in total. The third-order valence-electron chi connectivity index (χ3n) is 5.08. The normalized spacial score (nSPS) is 22.6. The number of nitrogens with zero attached hydrogens (tertiary/aromatic N) is 1. The minimum absolute atomic E-state index is 0.0574. The molecule has 1 fully saturated rings. The summed E-state index contributed by atoms with van der Waals surface area (Å²) in [6, 6.07) is 0. The molecule has 25 heavy (non-hydrogen) atoms. The maximum absolute atomic E-state index is 13.0. The maximum Gasteiger partial charge on any atom is 0.255 e. The lowest BCUT2D eigenvalue weighted by Crippen LogP contribution is -2.12. The number of allylic oxidation sites excluding steroid dienone is 1. The first kappa shape index (κ1) is 22.3. The van der Waals surface area contributed by atoms with Gasteiger partial charge < -0.3 is 5.73 Å². The summed E-state index contributed by atoms with van der Waals surface area (Å²) < 4.78 is 25.9. The van der Waals surface area contributed by atoms with Gasteiger partial charge in [-0.05, 0) is 37.2 Å². The van der Waals surface area contributed by atoms with E-state index in [1.54, 1.807) is 0 Å². The van der Waals surface area contributed by atoms with Crippen molar-refractivity contribution in [3.05, 3.63) is 23.1 Å². The molecule has 6 heteroatoms. The fourth-order valence-corrected chi connectivity index (χ4v) is 3.56. The van der Waals surface area contributed by atoms with Crippen LogP contribution in [0.2, 0.25) is 0 Å². The third-order valence-corrected chi connectivity index (χ3v) is 5.89. The van der Waals surface area contributed by atoms with Crippen LogP contribution >= 0.6 is 11.9 Å². The minimum Gasteiger partial charge on any atom is -0.327 e. The average molecular weight is 374 g/mol. The zero-order chi connectivity index (χ0) is 19.0. The van der Waals surface area contributed by atoms with Gasteiger partial charge in [-0.1, -0.05) is 51.3 Å². The predicted molar refractivity (Wildman–Crippen MR) is 106 cm³/mol. The Morgan fingerprint density at radius 3 is 2.56 bits per heavy atom. The van der Waals surface area contributed by atoms with E-state index in [4.69, 9.17) is 10.9 Å². The van der Waals surface area contributed by atoms with Gasteiger partial charge >= 0.3 is 0 Å². The van der Waals surface area contributed by atoms with E-state index in [0.29, 0.717) is 30.5 Å². The molecule has 3 nitrogen and oxygen atoms in total. The van der Waals surface area contributed by atoms with Gasteiger partial charge in [0.25, 0.3) is 5.92 Å². The van der Waals surface area contributed by atoms with Gasteiger partial charge in [0.15, 0.2) is 0 Å². The van der Waals surface area contributed by atoms with E-state index in [9.17, 15) is 8.78 Å². The van der Waals surface area contributed by atoms with Crippen molar-refractivity contribution in [2.75, 3.05) is 13.1 Å². The highest BCUT2D eigenvalue weighted by Crippen LogP contribution is 2.52. The SMILES string of the molecule is C=C(CN=C(C)CCCCC(C)C(C)/C(=C\CN)SN)C1CC1(F)F. The second-order valence-electron chi connectivity index (χ2n) is 7.20. The van der Waals surface area contributed by atoms with Gasteiger partial charge in [-0.3, -0.25) is 10.1 Å². The second kappa shape index (κ2) is 10.4. The van der Waals surface area contributed by atoms with Gasteiger partial charge in [0.05, 0.1) is 12.5 Å². The van der Waals surface area contributed by atoms with Crippen molar-refractivity contribution in [1.29, 1.82) is 0 Å². The van der Waals surface area contributed by atoms with Crippen LogP contribution in [0.25, 0.3) is 0 Å². The number of alkyl halides is 2. The Bertz CT molecular complexity index is 503. The van der Waals surface area contributed by atoms with Crippen LogP contribution < -0.4 is 10.9 Å². The molecule has 1 saturated carbocycles. The quantitative estimate of drug-likeness (QED) is 0.220. The lowest BCUT2D eigenvalue weighted by molar-refractivity contribution is 0.105. The van der Waals surface area contributed by atoms with E-state index in [1.807, 2.05) is 13.0 Å². The van der Waals surface area contributed by atoms with Crippen LogP contribution in [-0.2, 0) is 0 Å². The summed E-state index contributed by atoms with van der Waals surface area (Å²) in [6.07, 6.45) is 6.15. The number of halogens is 2. The summed E-state index contributed by atoms with van der Waals surface area (Å²) in [6.45, 7) is 11.0. The Labute approximate surface area is 155 Å². The van der Waals surface area contributed by atoms with Crippen LogP contribution in [0.3, 0.4) is 0 Å². The summed E-state index contributed by atoms with van der Waals surface area (Å²) in [7, 11) is 0. The van der Waals surface area contributed by atoms with E-state index < -0.39 is 11.8 Å². The molecule has 1 aliphatic rings. The molecule has 0 amide bonds. The van der Waals surface area contributed by atoms with Crippen LogP contribution in [0, 0.1) is 17.8 Å². The summed E-state index contributed by atoms with van der Waals surface area (Å²) in [5, 5.41) is 5.72. The number of aliphatic imine (C=N–C) groups is 1. The van der Waals surface area contributed by atoms with Crippen LogP contribution in [0.5, 0.6) is 0 Å². The Balaban J connectivity index is 2.24. The molecular formula is C19H33F2N3S. The Hall–Kier alpha value is -0.720. The number of nitrogens with two attached hydrogens (primary N) is 2. The largest absolute Gasteiger partial charge is 0.327 e. The predicted octanol–water partition coefficient (Wildman–Crippen LogP) is 4.94. The molecule has 0 spiro atoms. The molecule has 1 rings (SSSR count). The molecule has 0 saturated heterocycles. The van der Waals surface area contributed by atoms with Gasteiger partial charge in [-0.15, -0.1) is 0 Å². The smallest absolute Gasteiger partial charge is 0.255 e. The van der Waals surface area contributed by atoms with E-state index in [0.717, 1.165) is 36.3 Å². The number of hydrogen-bond acceptors (Lipinski definition) is 4. The number of unbranched alkanes of at least 4 members (excludes halogenated alkanes) is 1. The van der Waals surface area contributed by atoms with Crippen molar-refractivity contribution < 1.29 is 8.78 Å². The van der Waals surface area contributed by atoms with Crippen LogP contribution in [0.4, 0.5) is 8.78 Å². The molecule has 0 aromatic rings. The van der Waals surface area contributed by atoms with Crippen molar-refractivity contribution in [2.24, 2.45) is 33.6 Å². The fraction of sp³-hybridized carbons (Fsp3) is 0.737. The maximum atomic E-state index is 13.0. The van der Waals surface area contributed by atoms with Crippen LogP contribution in [-0.4, -0.2) is 24.7 Å². The van der Waals surface area contributed by atoms with E-state index in [2.05, 4.69) is 25.4 Å². The van der Waals surface area contributed by atoms with Gasteiger partial charge in [0.2, 0.25) is 0 Å². The first-order valence-electron chi connectivity index (χ1n) is 9.05. The van der Waals surface area contributed by atoms with E-state index in [1.165, 1.54) is 11.9 Å². The molecule has 3 unspecified atom stereocenters. The summed E-state index contributed by atoms with van der Waals surface area (Å²) in [5.41, 5.74) is 7.16. The van der Waals surface area contributed by atoms with Gasteiger partial charge in [0.1, 0.15) is 0 Å². The van der Waals surface area contributed by atoms with Gasteiger partial charge in [-0.2, -0.15) is 0 Å². The lowest BCUT2D eigenvalue weighted by atomic mass is 9.90. The topological polar surface area (TPSA) is 64.4 Å². The molecule has 0 radical (unpaired) electrons. The van der Waals surface area contributed by atoms with E-state index >= 15 is 0 Å². The molecule has 0 bridgehead atoms. The number of hydrogen-bond donors (Lipinski definition) is 2. The molecule has 144 valence electrons. The molecule has 3 atom stereocenters. The van der Waals surface area contributed by atoms with Crippen molar-refractivity contribution >= 4 is 17.7 Å². The molecule has 0 aliphatic heterocycles. The summed E-state index contributed by atoms with van der Waals surface area (Å²) in [4.78, 5) is 5.57. The first-order valence-corrected chi connectivity index (χ1v) is 9.93.